The summed E-state index contributed by atoms with van der Waals surface area (Å²) in [5.41, 5.74) is 0.650. The first-order valence-corrected chi connectivity index (χ1v) is 6.98. The van der Waals surface area contributed by atoms with Gasteiger partial charge in [0, 0.05) is 0 Å². The van der Waals surface area contributed by atoms with E-state index >= 15 is 0 Å². The zero-order chi connectivity index (χ0) is 16.1. The van der Waals surface area contributed by atoms with Crippen LogP contribution in [0.5, 0.6) is 5.75 Å². The first-order chi connectivity index (χ1) is 10.5. The van der Waals surface area contributed by atoms with Crippen molar-refractivity contribution in [3.05, 3.63) is 52.5 Å². The van der Waals surface area contributed by atoms with E-state index in [0.29, 0.717) is 11.4 Å². The van der Waals surface area contributed by atoms with E-state index in [4.69, 9.17) is 27.9 Å². The van der Waals surface area contributed by atoms with Crippen molar-refractivity contribution < 1.29 is 14.3 Å². The maximum atomic E-state index is 11.9. The van der Waals surface area contributed by atoms with Gasteiger partial charge in [0.05, 0.1) is 28.5 Å². The molecule has 0 fully saturated rings. The summed E-state index contributed by atoms with van der Waals surface area (Å²) in [5.74, 6) is -1.26. The molecule has 0 heterocycles. The van der Waals surface area contributed by atoms with E-state index in [0.717, 1.165) is 0 Å². The molecule has 2 N–H and O–H groups in total. The molecule has 2 amide bonds. The maximum Gasteiger partial charge on any atom is 0.314 e. The number of rotatable bonds is 3. The number of hydrogen-bond donors (Lipinski definition) is 2. The summed E-state index contributed by atoms with van der Waals surface area (Å²) in [5, 5.41) is 5.31. The monoisotopic (exact) mass is 338 g/mol. The minimum Gasteiger partial charge on any atom is -0.495 e. The number of amides is 2. The summed E-state index contributed by atoms with van der Waals surface area (Å²) in [7, 11) is 1.47. The fourth-order valence-electron chi connectivity index (χ4n) is 1.71. The second-order valence-electron chi connectivity index (χ2n) is 4.21. The normalized spacial score (nSPS) is 9.95. The molecule has 2 rings (SSSR count). The van der Waals surface area contributed by atoms with Crippen molar-refractivity contribution in [2.24, 2.45) is 0 Å². The molecule has 22 heavy (non-hydrogen) atoms. The van der Waals surface area contributed by atoms with Gasteiger partial charge < -0.3 is 15.4 Å². The molecule has 5 nitrogen and oxygen atoms in total. The molecule has 0 aliphatic carbocycles. The Balaban J connectivity index is 2.10. The largest absolute Gasteiger partial charge is 0.495 e. The van der Waals surface area contributed by atoms with Crippen LogP contribution in [0.1, 0.15) is 0 Å². The van der Waals surface area contributed by atoms with Gasteiger partial charge in [-0.25, -0.2) is 0 Å². The first kappa shape index (κ1) is 16.1. The summed E-state index contributed by atoms with van der Waals surface area (Å²) in [4.78, 5) is 23.8. The minimum atomic E-state index is -0.866. The standard InChI is InChI=1S/C15H12Cl2N2O3/c1-22-12-8-3-2-6-10(12)18-14(20)15(21)19-11-7-4-5-9(16)13(11)17/h2-8H,1H3,(H,18,20)(H,19,21). The number of ether oxygens (including phenoxy) is 1. The topological polar surface area (TPSA) is 67.4 Å². The molecule has 114 valence electrons. The lowest BCUT2D eigenvalue weighted by Crippen LogP contribution is -2.29. The second-order valence-corrected chi connectivity index (χ2v) is 5.00. The molecule has 0 unspecified atom stereocenters. The molecule has 0 atom stereocenters. The Morgan fingerprint density at radius 3 is 2.18 bits per heavy atom. The molecule has 2 aromatic rings. The van der Waals surface area contributed by atoms with Crippen LogP contribution in [-0.2, 0) is 9.59 Å². The number of anilines is 2. The van der Waals surface area contributed by atoms with Crippen molar-refractivity contribution in [2.45, 2.75) is 0 Å². The summed E-state index contributed by atoms with van der Waals surface area (Å²) in [6.45, 7) is 0. The van der Waals surface area contributed by atoms with Crippen LogP contribution >= 0.6 is 23.2 Å². The van der Waals surface area contributed by atoms with E-state index in [1.165, 1.54) is 7.11 Å². The number of carbonyl (C=O) groups excluding carboxylic acids is 2. The highest BCUT2D eigenvalue weighted by Crippen LogP contribution is 2.29. The van der Waals surface area contributed by atoms with E-state index in [2.05, 4.69) is 10.6 Å². The predicted octanol–water partition coefficient (Wildman–Crippen LogP) is 3.58. The molecule has 0 aliphatic heterocycles. The van der Waals surface area contributed by atoms with E-state index in [-0.39, 0.29) is 15.7 Å². The lowest BCUT2D eigenvalue weighted by Gasteiger charge is -2.10. The Hall–Kier alpha value is -2.24. The number of halogens is 2. The Bertz CT molecular complexity index is 720. The molecule has 7 heteroatoms. The van der Waals surface area contributed by atoms with Crippen LogP contribution in [0.25, 0.3) is 0 Å². The molecular weight excluding hydrogens is 327 g/mol. The van der Waals surface area contributed by atoms with Gasteiger partial charge in [0.25, 0.3) is 0 Å². The van der Waals surface area contributed by atoms with Crippen LogP contribution in [0.4, 0.5) is 11.4 Å². The van der Waals surface area contributed by atoms with Crippen molar-refractivity contribution in [2.75, 3.05) is 17.7 Å². The van der Waals surface area contributed by atoms with Gasteiger partial charge in [0.1, 0.15) is 5.75 Å². The van der Waals surface area contributed by atoms with Crippen LogP contribution in [0, 0.1) is 0 Å². The molecule has 2 aromatic carbocycles. The van der Waals surface area contributed by atoms with Gasteiger partial charge >= 0.3 is 11.8 Å². The van der Waals surface area contributed by atoms with Gasteiger partial charge in [-0.15, -0.1) is 0 Å². The molecule has 0 radical (unpaired) electrons. The van der Waals surface area contributed by atoms with Crippen molar-refractivity contribution >= 4 is 46.4 Å². The third-order valence-corrected chi connectivity index (χ3v) is 3.58. The van der Waals surface area contributed by atoms with E-state index < -0.39 is 11.8 Å². The Morgan fingerprint density at radius 1 is 0.909 bits per heavy atom. The highest BCUT2D eigenvalue weighted by atomic mass is 35.5. The van der Waals surface area contributed by atoms with Crippen LogP contribution in [0.3, 0.4) is 0 Å². The zero-order valence-corrected chi connectivity index (χ0v) is 13.0. The number of methoxy groups -OCH3 is 1. The summed E-state index contributed by atoms with van der Waals surface area (Å²) in [6, 6.07) is 11.5. The molecule has 0 aliphatic rings. The number of carbonyl (C=O) groups is 2. The van der Waals surface area contributed by atoms with E-state index in [1.54, 1.807) is 42.5 Å². The number of para-hydroxylation sites is 2. The lowest BCUT2D eigenvalue weighted by atomic mass is 10.3. The summed E-state index contributed by atoms with van der Waals surface area (Å²) < 4.78 is 5.09. The average Bonchev–Trinajstić information content (AvgIpc) is 2.52. The minimum absolute atomic E-state index is 0.169. The van der Waals surface area contributed by atoms with Crippen molar-refractivity contribution in [3.63, 3.8) is 0 Å². The lowest BCUT2D eigenvalue weighted by molar-refractivity contribution is -0.133. The quantitative estimate of drug-likeness (QED) is 0.840. The Morgan fingerprint density at radius 2 is 1.50 bits per heavy atom. The smallest absolute Gasteiger partial charge is 0.314 e. The third kappa shape index (κ3) is 3.69. The average molecular weight is 339 g/mol. The summed E-state index contributed by atoms with van der Waals surface area (Å²) in [6.07, 6.45) is 0. The number of nitrogens with one attached hydrogen (secondary N) is 2. The van der Waals surface area contributed by atoms with Crippen LogP contribution in [0.2, 0.25) is 10.0 Å². The Labute approximate surface area is 137 Å². The van der Waals surface area contributed by atoms with Gasteiger partial charge in [-0.05, 0) is 24.3 Å². The van der Waals surface area contributed by atoms with Gasteiger partial charge in [-0.1, -0.05) is 41.4 Å². The summed E-state index contributed by atoms with van der Waals surface area (Å²) >= 11 is 11.8. The maximum absolute atomic E-state index is 11.9. The molecule has 0 aromatic heterocycles. The highest BCUT2D eigenvalue weighted by Gasteiger charge is 2.17. The SMILES string of the molecule is COc1ccccc1NC(=O)C(=O)Nc1cccc(Cl)c1Cl. The Kier molecular flexibility index (Phi) is 5.25. The van der Waals surface area contributed by atoms with Gasteiger partial charge in [0.2, 0.25) is 0 Å². The number of benzene rings is 2. The second kappa shape index (κ2) is 7.15. The van der Waals surface area contributed by atoms with E-state index in [1.807, 2.05) is 0 Å². The fraction of sp³-hybridized carbons (Fsp3) is 0.0667. The van der Waals surface area contributed by atoms with Gasteiger partial charge in [-0.2, -0.15) is 0 Å². The third-order valence-electron chi connectivity index (χ3n) is 2.76. The highest BCUT2D eigenvalue weighted by molar-refractivity contribution is 6.47. The van der Waals surface area contributed by atoms with Crippen molar-refractivity contribution in [1.82, 2.24) is 0 Å². The molecule has 0 saturated heterocycles. The van der Waals surface area contributed by atoms with Crippen LogP contribution in [-0.4, -0.2) is 18.9 Å². The molecule has 0 bridgehead atoms. The van der Waals surface area contributed by atoms with Gasteiger partial charge in [0.15, 0.2) is 0 Å². The predicted molar refractivity (Wildman–Crippen MR) is 86.7 cm³/mol. The fourth-order valence-corrected chi connectivity index (χ4v) is 2.05. The van der Waals surface area contributed by atoms with Crippen molar-refractivity contribution in [3.8, 4) is 5.75 Å². The van der Waals surface area contributed by atoms with E-state index in [9.17, 15) is 9.59 Å². The van der Waals surface area contributed by atoms with Crippen LogP contribution < -0.4 is 15.4 Å². The van der Waals surface area contributed by atoms with Crippen LogP contribution in [0.15, 0.2) is 42.5 Å². The molecule has 0 saturated carbocycles. The first-order valence-electron chi connectivity index (χ1n) is 6.22. The molecule has 0 spiro atoms. The zero-order valence-electron chi connectivity index (χ0n) is 11.5. The molecular formula is C15H12Cl2N2O3. The number of hydrogen-bond acceptors (Lipinski definition) is 3. The van der Waals surface area contributed by atoms with Gasteiger partial charge in [-0.3, -0.25) is 9.59 Å². The van der Waals surface area contributed by atoms with Crippen molar-refractivity contribution in [1.29, 1.82) is 0 Å².